The minimum Gasteiger partial charge on any atom is -0.494 e. The van der Waals surface area contributed by atoms with Gasteiger partial charge in [0.05, 0.1) is 12.8 Å². The lowest BCUT2D eigenvalue weighted by atomic mass is 9.94. The molecule has 0 aromatic carbocycles. The maximum Gasteiger partial charge on any atom is 0.433 e. The number of halogens is 3. The number of anilines is 1. The highest BCUT2D eigenvalue weighted by Crippen LogP contribution is 2.32. The van der Waals surface area contributed by atoms with E-state index in [1.54, 1.807) is 21.6 Å². The first-order chi connectivity index (χ1) is 17.3. The number of carbonyl (C=O) groups excluding carboxylic acids is 2. The number of hydrogen-bond acceptors (Lipinski definition) is 6. The SMILES string of the molecule is COc1cc2nc(C3CCN(C(=O)OC(C)(C)C)CC3)cn2cc1NC(=O)c1cccc(C(F)(F)F)n1. The molecular weight excluding hydrogens is 491 g/mol. The molecule has 37 heavy (non-hydrogen) atoms. The number of amides is 2. The summed E-state index contributed by atoms with van der Waals surface area (Å²) < 4.78 is 51.5. The van der Waals surface area contributed by atoms with Crippen molar-refractivity contribution in [2.45, 2.75) is 51.3 Å². The van der Waals surface area contributed by atoms with Crippen molar-refractivity contribution < 1.29 is 32.2 Å². The van der Waals surface area contributed by atoms with E-state index in [0.717, 1.165) is 17.8 Å². The van der Waals surface area contributed by atoms with E-state index in [-0.39, 0.29) is 23.4 Å². The Balaban J connectivity index is 1.50. The average Bonchev–Trinajstić information content (AvgIpc) is 3.25. The Kier molecular flexibility index (Phi) is 7.03. The Hall–Kier alpha value is -3.83. The van der Waals surface area contributed by atoms with Crippen molar-refractivity contribution in [3.05, 3.63) is 53.7 Å². The summed E-state index contributed by atoms with van der Waals surface area (Å²) in [5, 5.41) is 2.57. The van der Waals surface area contributed by atoms with Gasteiger partial charge in [-0.2, -0.15) is 13.2 Å². The van der Waals surface area contributed by atoms with E-state index in [1.165, 1.54) is 13.2 Å². The third-order valence-electron chi connectivity index (χ3n) is 5.88. The van der Waals surface area contributed by atoms with E-state index in [9.17, 15) is 22.8 Å². The summed E-state index contributed by atoms with van der Waals surface area (Å²) in [4.78, 5) is 34.8. The molecule has 0 radical (unpaired) electrons. The van der Waals surface area contributed by atoms with Crippen LogP contribution < -0.4 is 10.1 Å². The fourth-order valence-electron chi connectivity index (χ4n) is 4.08. The summed E-state index contributed by atoms with van der Waals surface area (Å²) in [7, 11) is 1.42. The van der Waals surface area contributed by atoms with E-state index in [2.05, 4.69) is 15.3 Å². The van der Waals surface area contributed by atoms with E-state index in [0.29, 0.717) is 37.3 Å². The summed E-state index contributed by atoms with van der Waals surface area (Å²) in [6.45, 7) is 6.57. The number of carbonyl (C=O) groups is 2. The van der Waals surface area contributed by atoms with Crippen molar-refractivity contribution in [3.8, 4) is 5.75 Å². The van der Waals surface area contributed by atoms with Gasteiger partial charge in [0.2, 0.25) is 0 Å². The number of rotatable bonds is 4. The molecule has 1 N–H and O–H groups in total. The molecule has 4 heterocycles. The molecule has 4 rings (SSSR count). The molecule has 9 nitrogen and oxygen atoms in total. The summed E-state index contributed by atoms with van der Waals surface area (Å²) >= 11 is 0. The van der Waals surface area contributed by atoms with Crippen LogP contribution in [0.3, 0.4) is 0 Å². The minimum absolute atomic E-state index is 0.122. The zero-order valence-electron chi connectivity index (χ0n) is 20.9. The number of methoxy groups -OCH3 is 1. The van der Waals surface area contributed by atoms with Gasteiger partial charge in [-0.1, -0.05) is 6.07 Å². The number of nitrogens with zero attached hydrogens (tertiary/aromatic N) is 4. The van der Waals surface area contributed by atoms with Crippen LogP contribution in [0.1, 0.15) is 61.4 Å². The highest BCUT2D eigenvalue weighted by molar-refractivity contribution is 6.03. The predicted octanol–water partition coefficient (Wildman–Crippen LogP) is 5.12. The molecule has 1 aliphatic heterocycles. The van der Waals surface area contributed by atoms with Crippen LogP contribution in [0.5, 0.6) is 5.75 Å². The largest absolute Gasteiger partial charge is 0.494 e. The van der Waals surface area contributed by atoms with Gasteiger partial charge < -0.3 is 24.1 Å². The minimum atomic E-state index is -4.66. The maximum atomic E-state index is 13.0. The van der Waals surface area contributed by atoms with Crippen molar-refractivity contribution in [1.82, 2.24) is 19.3 Å². The van der Waals surface area contributed by atoms with Crippen molar-refractivity contribution >= 4 is 23.3 Å². The monoisotopic (exact) mass is 519 g/mol. The normalized spacial score (nSPS) is 15.1. The second-order valence-electron chi connectivity index (χ2n) is 9.79. The van der Waals surface area contributed by atoms with Crippen LogP contribution in [0.15, 0.2) is 36.7 Å². The predicted molar refractivity (Wildman–Crippen MR) is 129 cm³/mol. The molecule has 3 aromatic heterocycles. The van der Waals surface area contributed by atoms with Gasteiger partial charge in [-0.3, -0.25) is 4.79 Å². The van der Waals surface area contributed by atoms with Gasteiger partial charge in [0.1, 0.15) is 34.1 Å². The van der Waals surface area contributed by atoms with E-state index < -0.39 is 23.4 Å². The smallest absolute Gasteiger partial charge is 0.433 e. The zero-order chi connectivity index (χ0) is 27.0. The van der Waals surface area contributed by atoms with Gasteiger partial charge in [0.15, 0.2) is 0 Å². The number of ether oxygens (including phenoxy) is 2. The Morgan fingerprint density at radius 2 is 1.78 bits per heavy atom. The first kappa shape index (κ1) is 26.2. The number of fused-ring (bicyclic) bond motifs is 1. The molecule has 0 unspecified atom stereocenters. The Morgan fingerprint density at radius 1 is 1.08 bits per heavy atom. The van der Waals surface area contributed by atoms with Gasteiger partial charge >= 0.3 is 12.3 Å². The molecule has 1 fully saturated rings. The lowest BCUT2D eigenvalue weighted by molar-refractivity contribution is -0.141. The Morgan fingerprint density at radius 3 is 2.41 bits per heavy atom. The Labute approximate surface area is 211 Å². The van der Waals surface area contributed by atoms with Crippen LogP contribution in [0.25, 0.3) is 5.65 Å². The van der Waals surface area contributed by atoms with Crippen molar-refractivity contribution in [2.75, 3.05) is 25.5 Å². The van der Waals surface area contributed by atoms with Crippen LogP contribution in [0, 0.1) is 0 Å². The number of alkyl halides is 3. The number of likely N-dealkylation sites (tertiary alicyclic amines) is 1. The third-order valence-corrected chi connectivity index (χ3v) is 5.88. The second-order valence-corrected chi connectivity index (χ2v) is 9.79. The van der Waals surface area contributed by atoms with Gasteiger partial charge in [-0.05, 0) is 45.7 Å². The number of aromatic nitrogens is 3. The second kappa shape index (κ2) is 9.91. The molecule has 1 saturated heterocycles. The van der Waals surface area contributed by atoms with E-state index in [4.69, 9.17) is 9.47 Å². The molecular formula is C25H28F3N5O4. The molecule has 0 saturated carbocycles. The molecule has 3 aromatic rings. The summed E-state index contributed by atoms with van der Waals surface area (Å²) in [6, 6.07) is 4.76. The summed E-state index contributed by atoms with van der Waals surface area (Å²) in [6.07, 6.45) is -0.146. The third kappa shape index (κ3) is 6.12. The maximum absolute atomic E-state index is 13.0. The zero-order valence-corrected chi connectivity index (χ0v) is 20.9. The number of nitrogens with one attached hydrogen (secondary N) is 1. The number of hydrogen-bond donors (Lipinski definition) is 1. The van der Waals surface area contributed by atoms with E-state index in [1.807, 2.05) is 27.0 Å². The molecule has 2 amide bonds. The molecule has 0 bridgehead atoms. The molecule has 0 atom stereocenters. The molecule has 0 aliphatic carbocycles. The van der Waals surface area contributed by atoms with Crippen molar-refractivity contribution in [1.29, 1.82) is 0 Å². The number of imidazole rings is 1. The highest BCUT2D eigenvalue weighted by Gasteiger charge is 2.33. The first-order valence-electron chi connectivity index (χ1n) is 11.7. The number of piperidine rings is 1. The molecule has 198 valence electrons. The lowest BCUT2D eigenvalue weighted by Gasteiger charge is -2.32. The topological polar surface area (TPSA) is 98.1 Å². The molecule has 0 spiro atoms. The van der Waals surface area contributed by atoms with Crippen LogP contribution >= 0.6 is 0 Å². The van der Waals surface area contributed by atoms with Crippen molar-refractivity contribution in [2.24, 2.45) is 0 Å². The van der Waals surface area contributed by atoms with Crippen LogP contribution in [-0.2, 0) is 10.9 Å². The molecule has 12 heteroatoms. The fourth-order valence-corrected chi connectivity index (χ4v) is 4.08. The van der Waals surface area contributed by atoms with Crippen molar-refractivity contribution in [3.63, 3.8) is 0 Å². The highest BCUT2D eigenvalue weighted by atomic mass is 19.4. The fraction of sp³-hybridized carbons (Fsp3) is 0.440. The van der Waals surface area contributed by atoms with Crippen LogP contribution in [0.2, 0.25) is 0 Å². The Bertz CT molecular complexity index is 1310. The first-order valence-corrected chi connectivity index (χ1v) is 11.7. The van der Waals surface area contributed by atoms with Gasteiger partial charge in [0, 0.05) is 37.5 Å². The van der Waals surface area contributed by atoms with Gasteiger partial charge in [-0.25, -0.2) is 14.8 Å². The lowest BCUT2D eigenvalue weighted by Crippen LogP contribution is -2.41. The molecule has 1 aliphatic rings. The average molecular weight is 520 g/mol. The van der Waals surface area contributed by atoms with E-state index >= 15 is 0 Å². The quantitative estimate of drug-likeness (QED) is 0.514. The van der Waals surface area contributed by atoms with Crippen LogP contribution in [-0.4, -0.2) is 57.1 Å². The summed E-state index contributed by atoms with van der Waals surface area (Å²) in [5.74, 6) is -0.389. The van der Waals surface area contributed by atoms with Crippen LogP contribution in [0.4, 0.5) is 23.7 Å². The van der Waals surface area contributed by atoms with Gasteiger partial charge in [-0.15, -0.1) is 0 Å². The van der Waals surface area contributed by atoms with Gasteiger partial charge in [0.25, 0.3) is 5.91 Å². The summed E-state index contributed by atoms with van der Waals surface area (Å²) in [5.41, 5.74) is -0.424. The standard InChI is InChI=1S/C25H28F3N5O4/c1-24(2,3)37-23(35)32-10-8-15(9-11-32)17-13-33-14-18(19(36-4)12-21(33)30-17)31-22(34)16-6-5-7-20(29-16)25(26,27)28/h5-7,12-15H,8-11H2,1-4H3,(H,31,34). The number of pyridine rings is 2.